The Morgan fingerprint density at radius 2 is 1.02 bits per heavy atom. The number of furan rings is 1. The van der Waals surface area contributed by atoms with Gasteiger partial charge in [-0.05, 0) is 76.3 Å². The van der Waals surface area contributed by atoms with E-state index in [9.17, 15) is 0 Å². The van der Waals surface area contributed by atoms with Crippen molar-refractivity contribution >= 4 is 61.6 Å². The Labute approximate surface area is 340 Å². The lowest BCUT2D eigenvalue weighted by molar-refractivity contribution is 0.480. The molecular formula is C54H32BNO3. The molecule has 11 aromatic rings. The van der Waals surface area contributed by atoms with Crippen LogP contribution in [0.5, 0.6) is 17.2 Å². The molecule has 4 nitrogen and oxygen atoms in total. The van der Waals surface area contributed by atoms with Crippen molar-refractivity contribution < 1.29 is 13.8 Å². The summed E-state index contributed by atoms with van der Waals surface area (Å²) >= 11 is 0. The predicted octanol–water partition coefficient (Wildman–Crippen LogP) is 13.0. The molecule has 0 saturated carbocycles. The number of hydrogen-bond acceptors (Lipinski definition) is 3. The number of fused-ring (bicyclic) bond motifs is 10. The fourth-order valence-electron chi connectivity index (χ4n) is 9.71. The Hall–Kier alpha value is -7.76. The molecule has 0 atom stereocenters. The van der Waals surface area contributed by atoms with Crippen LogP contribution in [-0.2, 0) is 0 Å². The normalized spacial score (nSPS) is 12.6. The first kappa shape index (κ1) is 32.3. The fraction of sp³-hybridized carbons (Fsp3) is 0. The summed E-state index contributed by atoms with van der Waals surface area (Å²) in [4.78, 5) is 0. The molecule has 0 amide bonds. The molecule has 0 spiro atoms. The van der Waals surface area contributed by atoms with Gasteiger partial charge in [0.1, 0.15) is 28.4 Å². The van der Waals surface area contributed by atoms with E-state index in [2.05, 4.69) is 180 Å². The molecule has 0 saturated heterocycles. The number of hydrogen-bond donors (Lipinski definition) is 0. The van der Waals surface area contributed by atoms with Crippen LogP contribution in [-0.4, -0.2) is 11.5 Å². The van der Waals surface area contributed by atoms with Crippen molar-refractivity contribution in [2.45, 2.75) is 0 Å². The van der Waals surface area contributed by atoms with Crippen molar-refractivity contribution in [3.05, 3.63) is 194 Å². The molecule has 59 heavy (non-hydrogen) atoms. The predicted molar refractivity (Wildman–Crippen MR) is 242 cm³/mol. The number of aromatic nitrogens is 1. The zero-order valence-corrected chi connectivity index (χ0v) is 31.7. The highest BCUT2D eigenvalue weighted by Gasteiger charge is 2.41. The van der Waals surface area contributed by atoms with Crippen LogP contribution in [0, 0.1) is 0 Å². The molecule has 2 aromatic heterocycles. The first-order valence-corrected chi connectivity index (χ1v) is 20.1. The Balaban J connectivity index is 0.984. The third-order valence-electron chi connectivity index (χ3n) is 12.3. The summed E-state index contributed by atoms with van der Waals surface area (Å²) < 4.78 is 22.9. The molecule has 5 heteroatoms. The highest BCUT2D eigenvalue weighted by molar-refractivity contribution is 6.84. The van der Waals surface area contributed by atoms with Gasteiger partial charge < -0.3 is 18.4 Å². The van der Waals surface area contributed by atoms with Gasteiger partial charge in [-0.3, -0.25) is 0 Å². The van der Waals surface area contributed by atoms with Crippen molar-refractivity contribution in [3.8, 4) is 67.4 Å². The summed E-state index contributed by atoms with van der Waals surface area (Å²) in [6.45, 7) is -0.325. The van der Waals surface area contributed by atoms with Gasteiger partial charge in [-0.25, -0.2) is 0 Å². The van der Waals surface area contributed by atoms with Crippen molar-refractivity contribution in [1.29, 1.82) is 0 Å². The molecule has 0 N–H and O–H groups in total. The third kappa shape index (κ3) is 4.73. The third-order valence-corrected chi connectivity index (χ3v) is 12.3. The van der Waals surface area contributed by atoms with E-state index in [1.54, 1.807) is 0 Å². The van der Waals surface area contributed by atoms with Crippen molar-refractivity contribution in [1.82, 2.24) is 4.57 Å². The van der Waals surface area contributed by atoms with Gasteiger partial charge in [-0.1, -0.05) is 146 Å². The van der Waals surface area contributed by atoms with E-state index in [0.717, 1.165) is 100 Å². The first-order chi connectivity index (χ1) is 29.3. The summed E-state index contributed by atoms with van der Waals surface area (Å²) in [5, 5.41) is 4.70. The molecule has 274 valence electrons. The van der Waals surface area contributed by atoms with Gasteiger partial charge >= 0.3 is 6.92 Å². The molecular weight excluding hydrogens is 721 g/mol. The van der Waals surface area contributed by atoms with Gasteiger partial charge in [0.05, 0.1) is 16.7 Å². The zero-order valence-electron chi connectivity index (χ0n) is 31.7. The van der Waals surface area contributed by atoms with Crippen LogP contribution in [0.1, 0.15) is 0 Å². The van der Waals surface area contributed by atoms with E-state index >= 15 is 0 Å². The molecule has 2 aliphatic rings. The molecule has 13 rings (SSSR count). The quantitative estimate of drug-likeness (QED) is 0.168. The van der Waals surface area contributed by atoms with Crippen molar-refractivity contribution in [2.24, 2.45) is 0 Å². The summed E-state index contributed by atoms with van der Waals surface area (Å²) in [5.41, 5.74) is 16.0. The topological polar surface area (TPSA) is 36.5 Å². The lowest BCUT2D eigenvalue weighted by Gasteiger charge is -2.33. The highest BCUT2D eigenvalue weighted by atomic mass is 16.5. The molecule has 0 fully saturated rings. The average Bonchev–Trinajstić information content (AvgIpc) is 3.85. The number of benzene rings is 9. The second-order valence-electron chi connectivity index (χ2n) is 15.5. The minimum Gasteiger partial charge on any atom is -0.551 e. The molecule has 9 aromatic carbocycles. The Morgan fingerprint density at radius 3 is 1.85 bits per heavy atom. The Bertz CT molecular complexity index is 3490. The number of ether oxygens (including phenoxy) is 1. The van der Waals surface area contributed by atoms with E-state index in [-0.39, 0.29) is 6.92 Å². The minimum atomic E-state index is -0.325. The van der Waals surface area contributed by atoms with Crippen LogP contribution in [0.15, 0.2) is 199 Å². The molecule has 4 heterocycles. The van der Waals surface area contributed by atoms with Crippen LogP contribution in [0.4, 0.5) is 0 Å². The standard InChI is InChI=1S/C54H32BNO3/c1-2-16-37(42-21-13-22-43-40-19-6-11-26-49(40)58-54(42)43)35(14-1)34-30-44-41-20-7-12-27-50(41)59-55-45-29-28-33(31-51(45)57-52(32-34)53(44)55)36-15-3-8-23-46(36)56-47-24-9-4-17-38(47)39-18-5-10-25-48(39)56/h1-32H. The van der Waals surface area contributed by atoms with E-state index in [4.69, 9.17) is 13.8 Å². The van der Waals surface area contributed by atoms with Crippen LogP contribution in [0.25, 0.3) is 93.9 Å². The van der Waals surface area contributed by atoms with Gasteiger partial charge in [0.15, 0.2) is 0 Å². The maximum atomic E-state index is 7.09. The molecule has 0 aliphatic carbocycles. The molecule has 2 aliphatic heterocycles. The van der Waals surface area contributed by atoms with Crippen LogP contribution >= 0.6 is 0 Å². The summed E-state index contributed by atoms with van der Waals surface area (Å²) in [6, 6.07) is 68.7. The molecule has 0 unspecified atom stereocenters. The second-order valence-corrected chi connectivity index (χ2v) is 15.5. The summed E-state index contributed by atoms with van der Waals surface area (Å²) in [6.07, 6.45) is 0. The summed E-state index contributed by atoms with van der Waals surface area (Å²) in [5.74, 6) is 2.45. The molecule has 0 bridgehead atoms. The van der Waals surface area contributed by atoms with Crippen LogP contribution in [0.2, 0.25) is 0 Å². The van der Waals surface area contributed by atoms with Gasteiger partial charge in [0, 0.05) is 49.2 Å². The van der Waals surface area contributed by atoms with Crippen LogP contribution in [0.3, 0.4) is 0 Å². The SMILES string of the molecule is c1ccc2c(c1)OB1c3ccc(-c4ccccc4-n4c5ccccc5c5ccccc54)cc3Oc3cc(-c4ccccc4-c4cccc5c4oc4ccccc45)cc-2c31. The first-order valence-electron chi connectivity index (χ1n) is 20.1. The Kier molecular flexibility index (Phi) is 6.78. The monoisotopic (exact) mass is 753 g/mol. The van der Waals surface area contributed by atoms with Crippen molar-refractivity contribution in [3.63, 3.8) is 0 Å². The highest BCUT2D eigenvalue weighted by Crippen LogP contribution is 2.46. The van der Waals surface area contributed by atoms with E-state index in [0.29, 0.717) is 0 Å². The average molecular weight is 754 g/mol. The number of para-hydroxylation sites is 6. The molecule has 0 radical (unpaired) electrons. The Morgan fingerprint density at radius 1 is 0.390 bits per heavy atom. The minimum absolute atomic E-state index is 0.325. The summed E-state index contributed by atoms with van der Waals surface area (Å²) in [7, 11) is 0. The largest absolute Gasteiger partial charge is 0.551 e. The fourth-order valence-corrected chi connectivity index (χ4v) is 9.71. The zero-order chi connectivity index (χ0) is 38.6. The smallest absolute Gasteiger partial charge is 0.434 e. The van der Waals surface area contributed by atoms with Gasteiger partial charge in [0.25, 0.3) is 0 Å². The van der Waals surface area contributed by atoms with Gasteiger partial charge in [-0.15, -0.1) is 0 Å². The maximum absolute atomic E-state index is 7.09. The second kappa shape index (κ2) is 12.4. The van der Waals surface area contributed by atoms with Crippen LogP contribution < -0.4 is 20.3 Å². The van der Waals surface area contributed by atoms with Gasteiger partial charge in [-0.2, -0.15) is 0 Å². The van der Waals surface area contributed by atoms with E-state index < -0.39 is 0 Å². The van der Waals surface area contributed by atoms with E-state index in [1.807, 2.05) is 18.2 Å². The number of rotatable bonds is 4. The van der Waals surface area contributed by atoms with Gasteiger partial charge in [0.2, 0.25) is 0 Å². The van der Waals surface area contributed by atoms with E-state index in [1.165, 1.54) is 21.8 Å². The number of nitrogens with zero attached hydrogens (tertiary/aromatic N) is 1. The lowest BCUT2D eigenvalue weighted by atomic mass is 9.50. The maximum Gasteiger partial charge on any atom is 0.434 e. The lowest BCUT2D eigenvalue weighted by Crippen LogP contribution is -2.53. The van der Waals surface area contributed by atoms with Crippen molar-refractivity contribution in [2.75, 3.05) is 0 Å².